The van der Waals surface area contributed by atoms with Crippen LogP contribution in [0.1, 0.15) is 30.5 Å². The molecule has 0 spiro atoms. The van der Waals surface area contributed by atoms with Gasteiger partial charge in [-0.1, -0.05) is 32.5 Å². The largest absolute Gasteiger partial charge is 0.496 e. The number of hydrogen-bond donors (Lipinski definition) is 2. The summed E-state index contributed by atoms with van der Waals surface area (Å²) in [5.41, 5.74) is 3.41. The number of hydrogen-bond acceptors (Lipinski definition) is 2. The van der Waals surface area contributed by atoms with Crippen LogP contribution in [0.25, 0.3) is 0 Å². The fourth-order valence-corrected chi connectivity index (χ4v) is 2.22. The van der Waals surface area contributed by atoms with Gasteiger partial charge in [0, 0.05) is 12.0 Å². The first-order chi connectivity index (χ1) is 8.29. The Labute approximate surface area is 114 Å². The van der Waals surface area contributed by atoms with Crippen molar-refractivity contribution in [3.8, 4) is 5.75 Å². The van der Waals surface area contributed by atoms with E-state index in [4.69, 9.17) is 4.74 Å². The van der Waals surface area contributed by atoms with E-state index in [2.05, 4.69) is 44.8 Å². The first-order valence-electron chi connectivity index (χ1n) is 5.91. The Bertz CT molecular complexity index is 455. The van der Waals surface area contributed by atoms with E-state index < -0.39 is 0 Å². The summed E-state index contributed by atoms with van der Waals surface area (Å²) in [4.78, 5) is 10.9. The molecule has 1 aromatic rings. The maximum Gasteiger partial charge on any atom is 0.276 e. The smallest absolute Gasteiger partial charge is 0.276 e. The third-order valence-electron chi connectivity index (χ3n) is 3.37. The van der Waals surface area contributed by atoms with Crippen LogP contribution >= 0.6 is 12.6 Å². The zero-order valence-electron chi connectivity index (χ0n) is 11.6. The molecular formula is C14H21NO2S. The van der Waals surface area contributed by atoms with E-state index in [9.17, 15) is 4.79 Å². The molecule has 3 nitrogen and oxygen atoms in total. The standard InChI is InChI=1S/C14H21NO2S/c1-9-10(2)12(17-5)7-6-11(9)14(3,4)8-15-13(16)18/h6-7H,8H2,1-5H3,(H2,15,16,18). The van der Waals surface area contributed by atoms with Gasteiger partial charge in [-0.2, -0.15) is 0 Å². The summed E-state index contributed by atoms with van der Waals surface area (Å²) in [5, 5.41) is 2.45. The first kappa shape index (κ1) is 14.9. The summed E-state index contributed by atoms with van der Waals surface area (Å²) in [7, 11) is 1.67. The van der Waals surface area contributed by atoms with Crippen molar-refractivity contribution >= 4 is 17.9 Å². The van der Waals surface area contributed by atoms with Crippen LogP contribution in [-0.4, -0.2) is 18.9 Å². The summed E-state index contributed by atoms with van der Waals surface area (Å²) < 4.78 is 5.31. The molecule has 0 aliphatic heterocycles. The van der Waals surface area contributed by atoms with E-state index in [1.165, 1.54) is 11.1 Å². The van der Waals surface area contributed by atoms with Gasteiger partial charge < -0.3 is 10.1 Å². The number of thiol groups is 1. The molecule has 0 bridgehead atoms. The van der Waals surface area contributed by atoms with Gasteiger partial charge >= 0.3 is 0 Å². The number of carbonyl (C=O) groups is 1. The SMILES string of the molecule is COc1ccc(C(C)(C)CNC(=O)S)c(C)c1C. The van der Waals surface area contributed by atoms with Crippen molar-refractivity contribution in [1.82, 2.24) is 5.32 Å². The monoisotopic (exact) mass is 267 g/mol. The second-order valence-corrected chi connectivity index (χ2v) is 5.51. The molecule has 0 aliphatic carbocycles. The van der Waals surface area contributed by atoms with E-state index in [1.54, 1.807) is 7.11 Å². The lowest BCUT2D eigenvalue weighted by Gasteiger charge is -2.28. The minimum atomic E-state index is -0.300. The van der Waals surface area contributed by atoms with Crippen molar-refractivity contribution in [2.24, 2.45) is 0 Å². The summed E-state index contributed by atoms with van der Waals surface area (Å²) >= 11 is 3.73. The molecule has 0 fully saturated rings. The van der Waals surface area contributed by atoms with Crippen LogP contribution in [0.3, 0.4) is 0 Å². The highest BCUT2D eigenvalue weighted by Gasteiger charge is 2.24. The molecule has 1 aromatic carbocycles. The Kier molecular flexibility index (Phi) is 4.68. The Hall–Kier alpha value is -1.16. The molecule has 0 unspecified atom stereocenters. The predicted octanol–water partition coefficient (Wildman–Crippen LogP) is 3.23. The second-order valence-electron chi connectivity index (χ2n) is 5.11. The fourth-order valence-electron chi connectivity index (χ4n) is 2.14. The number of rotatable bonds is 4. The third-order valence-corrected chi connectivity index (χ3v) is 3.53. The third kappa shape index (κ3) is 3.19. The van der Waals surface area contributed by atoms with Crippen LogP contribution in [0.2, 0.25) is 0 Å². The van der Waals surface area contributed by atoms with Crippen molar-refractivity contribution in [3.63, 3.8) is 0 Å². The summed E-state index contributed by atoms with van der Waals surface area (Å²) in [6, 6.07) is 4.04. The summed E-state index contributed by atoms with van der Waals surface area (Å²) in [6.45, 7) is 8.89. The fraction of sp³-hybridized carbons (Fsp3) is 0.500. The molecule has 4 heteroatoms. The normalized spacial score (nSPS) is 11.2. The molecule has 0 heterocycles. The summed E-state index contributed by atoms with van der Waals surface area (Å²) in [5.74, 6) is 0.894. The number of ether oxygens (including phenoxy) is 1. The molecule has 0 atom stereocenters. The Morgan fingerprint density at radius 1 is 1.33 bits per heavy atom. The molecule has 0 radical (unpaired) electrons. The van der Waals surface area contributed by atoms with Gasteiger partial charge in [0.1, 0.15) is 5.75 Å². The van der Waals surface area contributed by atoms with Gasteiger partial charge in [-0.05, 0) is 36.6 Å². The zero-order valence-corrected chi connectivity index (χ0v) is 12.5. The first-order valence-corrected chi connectivity index (χ1v) is 6.36. The van der Waals surface area contributed by atoms with Crippen LogP contribution in [0, 0.1) is 13.8 Å². The van der Waals surface area contributed by atoms with Crippen LogP contribution in [-0.2, 0) is 5.41 Å². The molecule has 0 saturated carbocycles. The highest BCUT2D eigenvalue weighted by atomic mass is 32.1. The molecule has 0 saturated heterocycles. The zero-order chi connectivity index (χ0) is 13.9. The minimum Gasteiger partial charge on any atom is -0.496 e. The van der Waals surface area contributed by atoms with E-state index in [1.807, 2.05) is 13.0 Å². The van der Waals surface area contributed by atoms with E-state index in [-0.39, 0.29) is 10.7 Å². The molecule has 1 amide bonds. The van der Waals surface area contributed by atoms with Gasteiger partial charge in [-0.25, -0.2) is 0 Å². The Morgan fingerprint density at radius 3 is 2.44 bits per heavy atom. The average molecular weight is 267 g/mol. The lowest BCUT2D eigenvalue weighted by atomic mass is 9.80. The molecular weight excluding hydrogens is 246 g/mol. The number of amides is 1. The average Bonchev–Trinajstić information content (AvgIpc) is 2.30. The second kappa shape index (κ2) is 5.65. The quantitative estimate of drug-likeness (QED) is 0.822. The van der Waals surface area contributed by atoms with Gasteiger partial charge in [0.15, 0.2) is 0 Å². The van der Waals surface area contributed by atoms with Gasteiger partial charge in [0.2, 0.25) is 0 Å². The highest BCUT2D eigenvalue weighted by Crippen LogP contribution is 2.31. The van der Waals surface area contributed by atoms with Crippen LogP contribution < -0.4 is 10.1 Å². The summed E-state index contributed by atoms with van der Waals surface area (Å²) in [6.07, 6.45) is 0. The van der Waals surface area contributed by atoms with Crippen molar-refractivity contribution in [3.05, 3.63) is 28.8 Å². The number of nitrogens with one attached hydrogen (secondary N) is 1. The van der Waals surface area contributed by atoms with Crippen LogP contribution in [0.5, 0.6) is 5.75 Å². The lowest BCUT2D eigenvalue weighted by Crippen LogP contribution is -2.35. The van der Waals surface area contributed by atoms with Gasteiger partial charge in [0.25, 0.3) is 5.24 Å². The van der Waals surface area contributed by atoms with Gasteiger partial charge in [-0.15, -0.1) is 0 Å². The Balaban J connectivity index is 3.09. The molecule has 0 aromatic heterocycles. The lowest BCUT2D eigenvalue weighted by molar-refractivity contribution is 0.258. The van der Waals surface area contributed by atoms with Crippen molar-refractivity contribution in [2.45, 2.75) is 33.1 Å². The highest BCUT2D eigenvalue weighted by molar-refractivity contribution is 7.96. The number of carbonyl (C=O) groups excluding carboxylic acids is 1. The number of benzene rings is 1. The van der Waals surface area contributed by atoms with E-state index >= 15 is 0 Å². The van der Waals surface area contributed by atoms with Crippen molar-refractivity contribution in [2.75, 3.05) is 13.7 Å². The maximum absolute atomic E-state index is 10.9. The van der Waals surface area contributed by atoms with Crippen molar-refractivity contribution in [1.29, 1.82) is 0 Å². The molecule has 1 N–H and O–H groups in total. The van der Waals surface area contributed by atoms with Gasteiger partial charge in [0.05, 0.1) is 7.11 Å². The molecule has 0 aliphatic rings. The van der Waals surface area contributed by atoms with Crippen LogP contribution in [0.4, 0.5) is 4.79 Å². The van der Waals surface area contributed by atoms with Gasteiger partial charge in [-0.3, -0.25) is 4.79 Å². The molecule has 1 rings (SSSR count). The molecule has 18 heavy (non-hydrogen) atoms. The minimum absolute atomic E-state index is 0.139. The van der Waals surface area contributed by atoms with Crippen molar-refractivity contribution < 1.29 is 9.53 Å². The Morgan fingerprint density at radius 2 is 1.94 bits per heavy atom. The topological polar surface area (TPSA) is 38.3 Å². The molecule has 100 valence electrons. The van der Waals surface area contributed by atoms with E-state index in [0.29, 0.717) is 6.54 Å². The van der Waals surface area contributed by atoms with Crippen LogP contribution in [0.15, 0.2) is 12.1 Å². The maximum atomic E-state index is 10.9. The predicted molar refractivity (Wildman–Crippen MR) is 77.9 cm³/mol. The van der Waals surface area contributed by atoms with E-state index in [0.717, 1.165) is 11.3 Å². The number of methoxy groups -OCH3 is 1.